The summed E-state index contributed by atoms with van der Waals surface area (Å²) in [5.41, 5.74) is 8.93. The van der Waals surface area contributed by atoms with Gasteiger partial charge in [0.05, 0.1) is 5.69 Å². The maximum Gasteiger partial charge on any atom is 0.0596 e. The van der Waals surface area contributed by atoms with Crippen LogP contribution in [0.25, 0.3) is 0 Å². The summed E-state index contributed by atoms with van der Waals surface area (Å²) in [5, 5.41) is 4.49. The molecule has 1 saturated carbocycles. The van der Waals surface area contributed by atoms with E-state index in [2.05, 4.69) is 29.7 Å². The number of nitrogens with zero attached hydrogens (tertiary/aromatic N) is 2. The van der Waals surface area contributed by atoms with Crippen LogP contribution in [0.2, 0.25) is 0 Å². The Balaban J connectivity index is 2.12. The molecule has 1 aliphatic carbocycles. The molecule has 0 radical (unpaired) electrons. The quantitative estimate of drug-likeness (QED) is 0.852. The van der Waals surface area contributed by atoms with Crippen LogP contribution in [0.15, 0.2) is 6.07 Å². The van der Waals surface area contributed by atoms with Crippen molar-refractivity contribution in [2.45, 2.75) is 64.5 Å². The van der Waals surface area contributed by atoms with Crippen molar-refractivity contribution in [2.75, 3.05) is 0 Å². The molecule has 0 saturated heterocycles. The molecule has 1 aromatic rings. The van der Waals surface area contributed by atoms with Crippen LogP contribution >= 0.6 is 0 Å². The lowest BCUT2D eigenvalue weighted by atomic mass is 9.79. The number of aryl methyl sites for hydroxylation is 2. The molecule has 0 aromatic carbocycles. The fraction of sp³-hybridized carbons (Fsp3) is 0.769. The van der Waals surface area contributed by atoms with Gasteiger partial charge in [0.1, 0.15) is 0 Å². The number of hydrogen-bond donors (Lipinski definition) is 1. The normalized spacial score (nSPS) is 19.9. The summed E-state index contributed by atoms with van der Waals surface area (Å²) in [6.07, 6.45) is 7.25. The first-order valence-electron chi connectivity index (χ1n) is 6.45. The van der Waals surface area contributed by atoms with Gasteiger partial charge in [-0.25, -0.2) is 0 Å². The highest BCUT2D eigenvalue weighted by molar-refractivity contribution is 5.13. The minimum atomic E-state index is 0.0254. The molecule has 2 N–H and O–H groups in total. The van der Waals surface area contributed by atoms with Crippen molar-refractivity contribution < 1.29 is 0 Å². The molecule has 0 unspecified atom stereocenters. The highest BCUT2D eigenvalue weighted by Gasteiger charge is 2.28. The molecule has 0 aliphatic heterocycles. The summed E-state index contributed by atoms with van der Waals surface area (Å²) in [6.45, 7) is 5.14. The van der Waals surface area contributed by atoms with Crippen molar-refractivity contribution in [1.82, 2.24) is 9.78 Å². The van der Waals surface area contributed by atoms with E-state index in [1.54, 1.807) is 0 Å². The largest absolute Gasteiger partial charge is 0.325 e. The van der Waals surface area contributed by atoms with Crippen LogP contribution in [-0.2, 0) is 13.0 Å². The Kier molecular flexibility index (Phi) is 3.33. The van der Waals surface area contributed by atoms with Crippen LogP contribution in [0.1, 0.15) is 50.4 Å². The fourth-order valence-corrected chi connectivity index (χ4v) is 2.81. The van der Waals surface area contributed by atoms with Gasteiger partial charge in [0.25, 0.3) is 0 Å². The highest BCUT2D eigenvalue weighted by Crippen LogP contribution is 2.29. The van der Waals surface area contributed by atoms with E-state index < -0.39 is 0 Å². The number of rotatable bonds is 3. The number of hydrogen-bond acceptors (Lipinski definition) is 2. The van der Waals surface area contributed by atoms with E-state index in [4.69, 9.17) is 5.73 Å². The van der Waals surface area contributed by atoms with E-state index in [1.165, 1.54) is 37.8 Å². The van der Waals surface area contributed by atoms with E-state index in [9.17, 15) is 0 Å². The van der Waals surface area contributed by atoms with Gasteiger partial charge in [-0.2, -0.15) is 5.10 Å². The van der Waals surface area contributed by atoms with Crippen LogP contribution in [0.3, 0.4) is 0 Å². The summed E-state index contributed by atoms with van der Waals surface area (Å²) >= 11 is 0. The Bertz CT molecular complexity index is 348. The minimum Gasteiger partial charge on any atom is -0.325 e. The van der Waals surface area contributed by atoms with Crippen LogP contribution in [0, 0.1) is 6.92 Å². The zero-order valence-corrected chi connectivity index (χ0v) is 10.5. The highest BCUT2D eigenvalue weighted by atomic mass is 15.3. The van der Waals surface area contributed by atoms with E-state index in [0.717, 1.165) is 18.7 Å². The van der Waals surface area contributed by atoms with Gasteiger partial charge in [0.15, 0.2) is 0 Å². The van der Waals surface area contributed by atoms with Crippen LogP contribution in [0.4, 0.5) is 0 Å². The standard InChI is InChI=1S/C13H23N3/c1-3-16-12(9-11(2)15-16)10-13(14)7-5-4-6-8-13/h9H,3-8,10,14H2,1-2H3. The van der Waals surface area contributed by atoms with E-state index >= 15 is 0 Å². The lowest BCUT2D eigenvalue weighted by molar-refractivity contribution is 0.288. The monoisotopic (exact) mass is 221 g/mol. The van der Waals surface area contributed by atoms with Gasteiger partial charge in [-0.1, -0.05) is 19.3 Å². The first-order valence-corrected chi connectivity index (χ1v) is 6.45. The second-order valence-electron chi connectivity index (χ2n) is 5.19. The molecule has 2 rings (SSSR count). The Morgan fingerprint density at radius 3 is 2.69 bits per heavy atom. The van der Waals surface area contributed by atoms with E-state index in [0.29, 0.717) is 0 Å². The molecule has 3 nitrogen and oxygen atoms in total. The molecule has 3 heteroatoms. The van der Waals surface area contributed by atoms with Crippen molar-refractivity contribution in [1.29, 1.82) is 0 Å². The SMILES string of the molecule is CCn1nc(C)cc1CC1(N)CCCCC1. The molecule has 16 heavy (non-hydrogen) atoms. The number of nitrogens with two attached hydrogens (primary N) is 1. The molecule has 0 bridgehead atoms. The zero-order valence-electron chi connectivity index (χ0n) is 10.5. The summed E-state index contributed by atoms with van der Waals surface area (Å²) in [4.78, 5) is 0. The second-order valence-corrected chi connectivity index (χ2v) is 5.19. The predicted molar refractivity (Wildman–Crippen MR) is 66.3 cm³/mol. The maximum absolute atomic E-state index is 6.48. The smallest absolute Gasteiger partial charge is 0.0596 e. The molecule has 1 heterocycles. The molecule has 1 aromatic heterocycles. The van der Waals surface area contributed by atoms with Crippen molar-refractivity contribution in [3.63, 3.8) is 0 Å². The van der Waals surface area contributed by atoms with Crippen LogP contribution in [-0.4, -0.2) is 15.3 Å². The average molecular weight is 221 g/mol. The second kappa shape index (κ2) is 4.58. The van der Waals surface area contributed by atoms with Gasteiger partial charge in [0, 0.05) is 24.2 Å². The predicted octanol–water partition coefficient (Wildman–Crippen LogP) is 2.42. The Hall–Kier alpha value is -0.830. The Labute approximate surface area is 98.0 Å². The van der Waals surface area contributed by atoms with Crippen LogP contribution < -0.4 is 5.73 Å². The van der Waals surface area contributed by atoms with E-state index in [-0.39, 0.29) is 5.54 Å². The number of aromatic nitrogens is 2. The average Bonchev–Trinajstić information content (AvgIpc) is 2.59. The molecule has 0 atom stereocenters. The molecule has 1 fully saturated rings. The molecule has 90 valence electrons. The van der Waals surface area contributed by atoms with Gasteiger partial charge in [-0.15, -0.1) is 0 Å². The molecule has 1 aliphatic rings. The summed E-state index contributed by atoms with van der Waals surface area (Å²) < 4.78 is 2.10. The fourth-order valence-electron chi connectivity index (χ4n) is 2.81. The maximum atomic E-state index is 6.48. The molecular weight excluding hydrogens is 198 g/mol. The van der Waals surface area contributed by atoms with Gasteiger partial charge < -0.3 is 5.73 Å². The lowest BCUT2D eigenvalue weighted by Gasteiger charge is -2.33. The molecule has 0 spiro atoms. The Morgan fingerprint density at radius 1 is 1.38 bits per heavy atom. The summed E-state index contributed by atoms with van der Waals surface area (Å²) in [5.74, 6) is 0. The minimum absolute atomic E-state index is 0.0254. The van der Waals surface area contributed by atoms with E-state index in [1.807, 2.05) is 0 Å². The third-order valence-corrected chi connectivity index (χ3v) is 3.67. The van der Waals surface area contributed by atoms with Gasteiger partial charge in [-0.05, 0) is 32.8 Å². The first-order chi connectivity index (χ1) is 7.63. The van der Waals surface area contributed by atoms with Gasteiger partial charge in [-0.3, -0.25) is 4.68 Å². The van der Waals surface area contributed by atoms with Crippen LogP contribution in [0.5, 0.6) is 0 Å². The third kappa shape index (κ3) is 2.46. The van der Waals surface area contributed by atoms with Crippen molar-refractivity contribution in [3.05, 3.63) is 17.5 Å². The van der Waals surface area contributed by atoms with Gasteiger partial charge in [0.2, 0.25) is 0 Å². The third-order valence-electron chi connectivity index (χ3n) is 3.67. The van der Waals surface area contributed by atoms with Crippen molar-refractivity contribution in [3.8, 4) is 0 Å². The lowest BCUT2D eigenvalue weighted by Crippen LogP contribution is -2.44. The van der Waals surface area contributed by atoms with Crippen molar-refractivity contribution >= 4 is 0 Å². The summed E-state index contributed by atoms with van der Waals surface area (Å²) in [6, 6.07) is 2.19. The summed E-state index contributed by atoms with van der Waals surface area (Å²) in [7, 11) is 0. The first kappa shape index (κ1) is 11.6. The van der Waals surface area contributed by atoms with Crippen molar-refractivity contribution in [2.24, 2.45) is 5.73 Å². The Morgan fingerprint density at radius 2 is 2.06 bits per heavy atom. The zero-order chi connectivity index (χ0) is 11.6. The molecular formula is C13H23N3. The topological polar surface area (TPSA) is 43.8 Å². The molecule has 0 amide bonds. The van der Waals surface area contributed by atoms with Gasteiger partial charge >= 0.3 is 0 Å².